The maximum atomic E-state index is 10.5. The highest BCUT2D eigenvalue weighted by Gasteiger charge is 2.36. The third kappa shape index (κ3) is 8.52. The Labute approximate surface area is 205 Å². The molecule has 0 spiro atoms. The van der Waals surface area contributed by atoms with Crippen LogP contribution >= 0.6 is 0 Å². The Morgan fingerprint density at radius 1 is 0.939 bits per heavy atom. The van der Waals surface area contributed by atoms with E-state index in [0.29, 0.717) is 5.75 Å². The lowest BCUT2D eigenvalue weighted by atomic mass is 9.79. The van der Waals surface area contributed by atoms with Crippen molar-refractivity contribution in [1.29, 1.82) is 0 Å². The lowest BCUT2D eigenvalue weighted by Crippen LogP contribution is -2.37. The molecular formula is C31H54O2. The Kier molecular flexibility index (Phi) is 10.2. The van der Waals surface area contributed by atoms with Crippen molar-refractivity contribution < 1.29 is 9.84 Å². The van der Waals surface area contributed by atoms with Crippen LogP contribution in [0.3, 0.4) is 0 Å². The van der Waals surface area contributed by atoms with Crippen molar-refractivity contribution in [2.24, 2.45) is 17.8 Å². The summed E-state index contributed by atoms with van der Waals surface area (Å²) >= 11 is 0. The second kappa shape index (κ2) is 12.0. The SMILES string of the molecule is Cc1c(O)cc(C(C)(C)C)c2c1CC[C@@](C)(CCC[C@H](C)CCC[C@H](C)CCCC(C)C)O2. The van der Waals surface area contributed by atoms with Crippen LogP contribution in [0.1, 0.15) is 136 Å². The molecule has 1 aromatic carbocycles. The molecule has 2 nitrogen and oxygen atoms in total. The molecule has 190 valence electrons. The number of benzene rings is 1. The molecule has 1 aliphatic heterocycles. The smallest absolute Gasteiger partial charge is 0.127 e. The highest BCUT2D eigenvalue weighted by Crippen LogP contribution is 2.46. The molecule has 2 heteroatoms. The number of fused-ring (bicyclic) bond motifs is 1. The molecule has 2 rings (SSSR count). The summed E-state index contributed by atoms with van der Waals surface area (Å²) in [4.78, 5) is 0. The van der Waals surface area contributed by atoms with Crippen LogP contribution in [0.2, 0.25) is 0 Å². The van der Waals surface area contributed by atoms with Crippen LogP contribution < -0.4 is 4.74 Å². The van der Waals surface area contributed by atoms with Gasteiger partial charge in [-0.2, -0.15) is 0 Å². The number of rotatable bonds is 12. The average molecular weight is 459 g/mol. The predicted molar refractivity (Wildman–Crippen MR) is 144 cm³/mol. The van der Waals surface area contributed by atoms with E-state index >= 15 is 0 Å². The van der Waals surface area contributed by atoms with E-state index in [1.54, 1.807) is 0 Å². The minimum Gasteiger partial charge on any atom is -0.508 e. The van der Waals surface area contributed by atoms with Crippen molar-refractivity contribution in [1.82, 2.24) is 0 Å². The maximum absolute atomic E-state index is 10.5. The fraction of sp³-hybridized carbons (Fsp3) is 0.806. The van der Waals surface area contributed by atoms with Gasteiger partial charge in [-0.1, -0.05) is 93.4 Å². The van der Waals surface area contributed by atoms with Gasteiger partial charge in [0.05, 0.1) is 0 Å². The van der Waals surface area contributed by atoms with Crippen molar-refractivity contribution in [2.45, 2.75) is 144 Å². The number of hydrogen-bond donors (Lipinski definition) is 1. The standard InChI is InChI=1S/C31H54O2/c1-22(2)13-10-14-23(3)15-11-16-24(4)17-12-19-31(9)20-18-26-25(5)28(32)21-27(29(26)33-31)30(6,7)8/h21-24,32H,10-20H2,1-9H3/t23-,24-,31-/m1/s1. The molecule has 0 aromatic heterocycles. The van der Waals surface area contributed by atoms with Gasteiger partial charge in [0.15, 0.2) is 0 Å². The summed E-state index contributed by atoms with van der Waals surface area (Å²) < 4.78 is 6.75. The van der Waals surface area contributed by atoms with Crippen molar-refractivity contribution in [3.8, 4) is 11.5 Å². The molecule has 3 atom stereocenters. The van der Waals surface area contributed by atoms with Gasteiger partial charge < -0.3 is 9.84 Å². The highest BCUT2D eigenvalue weighted by molar-refractivity contribution is 5.56. The molecule has 0 radical (unpaired) electrons. The molecule has 0 fully saturated rings. The molecule has 0 unspecified atom stereocenters. The molecule has 1 N–H and O–H groups in total. The third-order valence-corrected chi connectivity index (χ3v) is 7.97. The molecule has 0 saturated carbocycles. The fourth-order valence-corrected chi connectivity index (χ4v) is 5.44. The van der Waals surface area contributed by atoms with Gasteiger partial charge in [-0.25, -0.2) is 0 Å². The van der Waals surface area contributed by atoms with Gasteiger partial charge in [0.2, 0.25) is 0 Å². The van der Waals surface area contributed by atoms with Crippen LogP contribution in [0.15, 0.2) is 6.07 Å². The zero-order valence-corrected chi connectivity index (χ0v) is 23.4. The van der Waals surface area contributed by atoms with Gasteiger partial charge in [0.25, 0.3) is 0 Å². The summed E-state index contributed by atoms with van der Waals surface area (Å²) in [7, 11) is 0. The first kappa shape index (κ1) is 28.1. The van der Waals surface area contributed by atoms with Crippen LogP contribution in [-0.2, 0) is 11.8 Å². The van der Waals surface area contributed by atoms with Gasteiger partial charge in [-0.15, -0.1) is 0 Å². The van der Waals surface area contributed by atoms with E-state index in [9.17, 15) is 5.11 Å². The summed E-state index contributed by atoms with van der Waals surface area (Å²) in [5, 5.41) is 10.5. The Bertz CT molecular complexity index is 742. The van der Waals surface area contributed by atoms with E-state index < -0.39 is 0 Å². The van der Waals surface area contributed by atoms with Gasteiger partial charge in [0.1, 0.15) is 17.1 Å². The second-order valence-corrected chi connectivity index (χ2v) is 13.0. The third-order valence-electron chi connectivity index (χ3n) is 7.97. The zero-order valence-electron chi connectivity index (χ0n) is 23.4. The van der Waals surface area contributed by atoms with Crippen molar-refractivity contribution in [3.63, 3.8) is 0 Å². The van der Waals surface area contributed by atoms with Gasteiger partial charge in [0, 0.05) is 11.1 Å². The lowest BCUT2D eigenvalue weighted by molar-refractivity contribution is 0.0499. The molecule has 1 heterocycles. The van der Waals surface area contributed by atoms with Gasteiger partial charge in [-0.3, -0.25) is 0 Å². The van der Waals surface area contributed by atoms with Crippen LogP contribution in [0.4, 0.5) is 0 Å². The molecule has 33 heavy (non-hydrogen) atoms. The Morgan fingerprint density at radius 2 is 1.48 bits per heavy atom. The van der Waals surface area contributed by atoms with E-state index in [-0.39, 0.29) is 11.0 Å². The van der Waals surface area contributed by atoms with E-state index in [0.717, 1.165) is 53.9 Å². The Morgan fingerprint density at radius 3 is 2.03 bits per heavy atom. The van der Waals surface area contributed by atoms with Crippen LogP contribution in [0.5, 0.6) is 11.5 Å². The molecule has 0 aliphatic carbocycles. The quantitative estimate of drug-likeness (QED) is 0.338. The largest absolute Gasteiger partial charge is 0.508 e. The Balaban J connectivity index is 1.82. The maximum Gasteiger partial charge on any atom is 0.127 e. The normalized spacial score (nSPS) is 20.4. The van der Waals surface area contributed by atoms with E-state index in [1.807, 2.05) is 13.0 Å². The number of phenols is 1. The summed E-state index contributed by atoms with van der Waals surface area (Å²) in [5.41, 5.74) is 3.21. The fourth-order valence-electron chi connectivity index (χ4n) is 5.44. The highest BCUT2D eigenvalue weighted by atomic mass is 16.5. The second-order valence-electron chi connectivity index (χ2n) is 13.0. The molecular weight excluding hydrogens is 404 g/mol. The summed E-state index contributed by atoms with van der Waals surface area (Å²) in [6.45, 7) is 20.5. The van der Waals surface area contributed by atoms with E-state index in [4.69, 9.17) is 4.74 Å². The summed E-state index contributed by atoms with van der Waals surface area (Å²) in [6.07, 6.45) is 14.0. The zero-order chi connectivity index (χ0) is 24.8. The first-order chi connectivity index (χ1) is 15.3. The minimum absolute atomic E-state index is 0.0477. The summed E-state index contributed by atoms with van der Waals surface area (Å²) in [6, 6.07) is 1.94. The molecule has 0 bridgehead atoms. The van der Waals surface area contributed by atoms with Crippen molar-refractivity contribution in [2.75, 3.05) is 0 Å². The molecule has 1 aromatic rings. The predicted octanol–water partition coefficient (Wildman–Crippen LogP) is 9.52. The van der Waals surface area contributed by atoms with Crippen LogP contribution in [0, 0.1) is 24.7 Å². The molecule has 1 aliphatic rings. The van der Waals surface area contributed by atoms with Crippen molar-refractivity contribution >= 4 is 0 Å². The minimum atomic E-state index is -0.0962. The number of ether oxygens (including phenoxy) is 1. The first-order valence-electron chi connectivity index (χ1n) is 13.9. The first-order valence-corrected chi connectivity index (χ1v) is 13.9. The van der Waals surface area contributed by atoms with Crippen LogP contribution in [0.25, 0.3) is 0 Å². The van der Waals surface area contributed by atoms with Gasteiger partial charge in [-0.05, 0) is 74.3 Å². The topological polar surface area (TPSA) is 29.5 Å². The number of aromatic hydroxyl groups is 1. The average Bonchev–Trinajstić information content (AvgIpc) is 2.69. The Hall–Kier alpha value is -1.18. The number of hydrogen-bond acceptors (Lipinski definition) is 2. The van der Waals surface area contributed by atoms with Crippen molar-refractivity contribution in [3.05, 3.63) is 22.8 Å². The lowest BCUT2D eigenvalue weighted by Gasteiger charge is -2.39. The molecule has 0 saturated heterocycles. The van der Waals surface area contributed by atoms with Gasteiger partial charge >= 0.3 is 0 Å². The summed E-state index contributed by atoms with van der Waals surface area (Å²) in [5.74, 6) is 3.99. The monoisotopic (exact) mass is 458 g/mol. The van der Waals surface area contributed by atoms with E-state index in [2.05, 4.69) is 55.4 Å². The van der Waals surface area contributed by atoms with Crippen LogP contribution in [-0.4, -0.2) is 10.7 Å². The number of phenolic OH excluding ortho intramolecular Hbond substituents is 1. The molecule has 0 amide bonds. The van der Waals surface area contributed by atoms with E-state index in [1.165, 1.54) is 56.9 Å².